The fourth-order valence-corrected chi connectivity index (χ4v) is 1.86. The molecule has 1 aromatic rings. The van der Waals surface area contributed by atoms with Crippen LogP contribution in [0.2, 0.25) is 0 Å². The summed E-state index contributed by atoms with van der Waals surface area (Å²) >= 11 is 0. The lowest BCUT2D eigenvalue weighted by molar-refractivity contribution is -0.123. The molecule has 0 spiro atoms. The van der Waals surface area contributed by atoms with Gasteiger partial charge in [-0.05, 0) is 36.5 Å². The van der Waals surface area contributed by atoms with Gasteiger partial charge in [-0.3, -0.25) is 20.4 Å². The lowest BCUT2D eigenvalue weighted by Crippen LogP contribution is -2.42. The van der Waals surface area contributed by atoms with E-state index in [-0.39, 0.29) is 17.7 Å². The van der Waals surface area contributed by atoms with E-state index in [2.05, 4.69) is 17.8 Å². The topological polar surface area (TPSA) is 58.2 Å². The predicted octanol–water partition coefficient (Wildman–Crippen LogP) is 1.67. The molecule has 1 aliphatic rings. The number of hydrogen-bond acceptors (Lipinski definition) is 2. The number of carbonyl (C=O) groups excluding carboxylic acids is 2. The van der Waals surface area contributed by atoms with Gasteiger partial charge in [0.2, 0.25) is 5.91 Å². The van der Waals surface area contributed by atoms with Gasteiger partial charge in [0, 0.05) is 11.5 Å². The highest BCUT2D eigenvalue weighted by molar-refractivity contribution is 5.95. The summed E-state index contributed by atoms with van der Waals surface area (Å²) in [5, 5.41) is 0. The number of nitrogens with one attached hydrogen (secondary N) is 2. The Morgan fingerprint density at radius 1 is 1.22 bits per heavy atom. The van der Waals surface area contributed by atoms with Crippen LogP contribution in [0.3, 0.4) is 0 Å². The van der Waals surface area contributed by atoms with Crippen molar-refractivity contribution in [3.8, 4) is 0 Å². The minimum Gasteiger partial charge on any atom is -0.273 e. The largest absolute Gasteiger partial charge is 0.273 e. The maximum atomic E-state index is 11.7. The molecule has 2 rings (SSSR count). The van der Waals surface area contributed by atoms with Crippen LogP contribution in [0.15, 0.2) is 24.3 Å². The molecule has 18 heavy (non-hydrogen) atoms. The Kier molecular flexibility index (Phi) is 3.65. The first-order valence-electron chi connectivity index (χ1n) is 6.31. The van der Waals surface area contributed by atoms with E-state index in [1.807, 2.05) is 19.1 Å². The van der Waals surface area contributed by atoms with Gasteiger partial charge in [0.15, 0.2) is 0 Å². The molecular formula is C14H18N2O2. The maximum Gasteiger partial charge on any atom is 0.269 e. The van der Waals surface area contributed by atoms with Crippen LogP contribution in [0.5, 0.6) is 0 Å². The van der Waals surface area contributed by atoms with Gasteiger partial charge < -0.3 is 0 Å². The van der Waals surface area contributed by atoms with Crippen LogP contribution in [-0.4, -0.2) is 11.8 Å². The molecular weight excluding hydrogens is 228 g/mol. The molecule has 4 nitrogen and oxygen atoms in total. The minimum atomic E-state index is -0.278. The molecule has 2 amide bonds. The number of rotatable bonds is 3. The standard InChI is InChI=1S/C14H18N2O2/c1-3-10-4-6-11(7-5-10)13(17)15-16-14(18)12-8-9(12)2/h4-7,9,12H,3,8H2,1-2H3,(H,15,17)(H,16,18)/t9-,12+/m1/s1. The molecule has 0 radical (unpaired) electrons. The van der Waals surface area contributed by atoms with Crippen molar-refractivity contribution in [3.05, 3.63) is 35.4 Å². The molecule has 96 valence electrons. The third kappa shape index (κ3) is 2.88. The fraction of sp³-hybridized carbons (Fsp3) is 0.429. The Labute approximate surface area is 107 Å². The first kappa shape index (κ1) is 12.6. The second-order valence-corrected chi connectivity index (χ2v) is 4.81. The highest BCUT2D eigenvalue weighted by Crippen LogP contribution is 2.37. The van der Waals surface area contributed by atoms with Crippen molar-refractivity contribution in [1.29, 1.82) is 0 Å². The zero-order chi connectivity index (χ0) is 13.1. The molecule has 0 aromatic heterocycles. The molecule has 1 fully saturated rings. The van der Waals surface area contributed by atoms with Gasteiger partial charge in [0.1, 0.15) is 0 Å². The Hall–Kier alpha value is -1.84. The summed E-state index contributed by atoms with van der Waals surface area (Å²) in [4.78, 5) is 23.3. The zero-order valence-electron chi connectivity index (χ0n) is 10.7. The van der Waals surface area contributed by atoms with Gasteiger partial charge >= 0.3 is 0 Å². The van der Waals surface area contributed by atoms with Crippen molar-refractivity contribution in [2.75, 3.05) is 0 Å². The van der Waals surface area contributed by atoms with E-state index in [4.69, 9.17) is 0 Å². The third-order valence-electron chi connectivity index (χ3n) is 3.37. The lowest BCUT2D eigenvalue weighted by atomic mass is 10.1. The highest BCUT2D eigenvalue weighted by Gasteiger charge is 2.39. The van der Waals surface area contributed by atoms with E-state index >= 15 is 0 Å². The molecule has 0 unspecified atom stereocenters. The van der Waals surface area contributed by atoms with Crippen molar-refractivity contribution in [2.24, 2.45) is 11.8 Å². The number of hydrazine groups is 1. The van der Waals surface area contributed by atoms with Crippen molar-refractivity contribution < 1.29 is 9.59 Å². The van der Waals surface area contributed by atoms with Gasteiger partial charge in [-0.1, -0.05) is 26.0 Å². The molecule has 0 heterocycles. The summed E-state index contributed by atoms with van der Waals surface area (Å²) in [7, 11) is 0. The number of hydrogen-bond donors (Lipinski definition) is 2. The Morgan fingerprint density at radius 3 is 2.33 bits per heavy atom. The molecule has 0 saturated heterocycles. The van der Waals surface area contributed by atoms with Gasteiger partial charge in [-0.25, -0.2) is 0 Å². The smallest absolute Gasteiger partial charge is 0.269 e. The fourth-order valence-electron chi connectivity index (χ4n) is 1.86. The van der Waals surface area contributed by atoms with Gasteiger partial charge in [-0.15, -0.1) is 0 Å². The number of amides is 2. The van der Waals surface area contributed by atoms with Crippen molar-refractivity contribution >= 4 is 11.8 Å². The van der Waals surface area contributed by atoms with Crippen LogP contribution in [0, 0.1) is 11.8 Å². The minimum absolute atomic E-state index is 0.0627. The normalized spacial score (nSPS) is 21.2. The molecule has 4 heteroatoms. The molecule has 1 aliphatic carbocycles. The van der Waals surface area contributed by atoms with Crippen LogP contribution >= 0.6 is 0 Å². The molecule has 2 atom stereocenters. The number of carbonyl (C=O) groups is 2. The van der Waals surface area contributed by atoms with E-state index in [9.17, 15) is 9.59 Å². The van der Waals surface area contributed by atoms with Crippen LogP contribution in [0.4, 0.5) is 0 Å². The Balaban J connectivity index is 1.85. The maximum absolute atomic E-state index is 11.7. The van der Waals surface area contributed by atoms with E-state index in [0.717, 1.165) is 12.8 Å². The second kappa shape index (κ2) is 5.21. The molecule has 0 bridgehead atoms. The summed E-state index contributed by atoms with van der Waals surface area (Å²) < 4.78 is 0. The van der Waals surface area contributed by atoms with Crippen molar-refractivity contribution in [3.63, 3.8) is 0 Å². The second-order valence-electron chi connectivity index (χ2n) is 4.81. The first-order valence-corrected chi connectivity index (χ1v) is 6.31. The van der Waals surface area contributed by atoms with Crippen LogP contribution in [0.25, 0.3) is 0 Å². The molecule has 1 saturated carbocycles. The van der Waals surface area contributed by atoms with E-state index in [1.165, 1.54) is 5.56 Å². The predicted molar refractivity (Wildman–Crippen MR) is 68.7 cm³/mol. The third-order valence-corrected chi connectivity index (χ3v) is 3.37. The molecule has 0 aliphatic heterocycles. The summed E-state index contributed by atoms with van der Waals surface area (Å²) in [5.74, 6) is 0.124. The Bertz CT molecular complexity index is 453. The van der Waals surface area contributed by atoms with E-state index in [1.54, 1.807) is 12.1 Å². The lowest BCUT2D eigenvalue weighted by Gasteiger charge is -2.07. The molecule has 1 aromatic carbocycles. The van der Waals surface area contributed by atoms with E-state index in [0.29, 0.717) is 11.5 Å². The highest BCUT2D eigenvalue weighted by atomic mass is 16.2. The van der Waals surface area contributed by atoms with Gasteiger partial charge in [0.05, 0.1) is 0 Å². The monoisotopic (exact) mass is 246 g/mol. The molecule has 2 N–H and O–H groups in total. The number of benzene rings is 1. The van der Waals surface area contributed by atoms with Crippen molar-refractivity contribution in [1.82, 2.24) is 10.9 Å². The quantitative estimate of drug-likeness (QED) is 0.797. The average Bonchev–Trinajstić information content (AvgIpc) is 3.13. The average molecular weight is 246 g/mol. The van der Waals surface area contributed by atoms with Crippen LogP contribution in [-0.2, 0) is 11.2 Å². The Morgan fingerprint density at radius 2 is 1.83 bits per heavy atom. The number of aryl methyl sites for hydroxylation is 1. The van der Waals surface area contributed by atoms with Crippen molar-refractivity contribution in [2.45, 2.75) is 26.7 Å². The van der Waals surface area contributed by atoms with Gasteiger partial charge in [0.25, 0.3) is 5.91 Å². The SMILES string of the molecule is CCc1ccc(C(=O)NNC(=O)[C@H]2C[C@H]2C)cc1. The van der Waals surface area contributed by atoms with Crippen LogP contribution < -0.4 is 10.9 Å². The summed E-state index contributed by atoms with van der Waals surface area (Å²) in [6.07, 6.45) is 1.85. The summed E-state index contributed by atoms with van der Waals surface area (Å²) in [6, 6.07) is 7.36. The van der Waals surface area contributed by atoms with Gasteiger partial charge in [-0.2, -0.15) is 0 Å². The summed E-state index contributed by atoms with van der Waals surface area (Å²) in [5.41, 5.74) is 6.64. The summed E-state index contributed by atoms with van der Waals surface area (Å²) in [6.45, 7) is 4.08. The van der Waals surface area contributed by atoms with E-state index < -0.39 is 0 Å². The van der Waals surface area contributed by atoms with Crippen LogP contribution in [0.1, 0.15) is 36.2 Å². The first-order chi connectivity index (χ1) is 8.61. The zero-order valence-corrected chi connectivity index (χ0v) is 10.7.